The number of hydrogen-bond donors (Lipinski definition) is 2. The summed E-state index contributed by atoms with van der Waals surface area (Å²) in [5.41, 5.74) is 10.3. The molecule has 2 aromatic carbocycles. The van der Waals surface area contributed by atoms with Gasteiger partial charge in [-0.3, -0.25) is 9.89 Å². The van der Waals surface area contributed by atoms with Gasteiger partial charge in [-0.2, -0.15) is 0 Å². The number of amides is 2. The Kier molecular flexibility index (Phi) is 8.40. The smallest absolute Gasteiger partial charge is 0.322 e. The number of fused-ring (bicyclic) bond motifs is 1. The van der Waals surface area contributed by atoms with Crippen LogP contribution in [0, 0.1) is 11.8 Å². The summed E-state index contributed by atoms with van der Waals surface area (Å²) < 4.78 is 0. The lowest BCUT2D eigenvalue weighted by atomic mass is 9.93. The van der Waals surface area contributed by atoms with Crippen LogP contribution in [0.25, 0.3) is 10.8 Å². The van der Waals surface area contributed by atoms with Crippen LogP contribution >= 0.6 is 0 Å². The summed E-state index contributed by atoms with van der Waals surface area (Å²) in [5, 5.41) is 5.39. The maximum Gasteiger partial charge on any atom is 0.325 e. The highest BCUT2D eigenvalue weighted by Crippen LogP contribution is 2.26. The minimum Gasteiger partial charge on any atom is -0.322 e. The zero-order valence-corrected chi connectivity index (χ0v) is 21.0. The molecule has 2 aromatic rings. The second-order valence-corrected chi connectivity index (χ2v) is 9.41. The van der Waals surface area contributed by atoms with Crippen LogP contribution in [0.15, 0.2) is 76.1 Å². The van der Waals surface area contributed by atoms with E-state index in [-0.39, 0.29) is 18.0 Å². The van der Waals surface area contributed by atoms with Crippen molar-refractivity contribution >= 4 is 28.7 Å². The summed E-state index contributed by atoms with van der Waals surface area (Å²) in [6, 6.07) is 13.9. The van der Waals surface area contributed by atoms with Crippen LogP contribution in [0.3, 0.4) is 0 Å². The second kappa shape index (κ2) is 11.3. The summed E-state index contributed by atoms with van der Waals surface area (Å²) in [4.78, 5) is 24.2. The molecule has 1 aliphatic rings. The predicted octanol–water partition coefficient (Wildman–Crippen LogP) is 5.30. The molecule has 0 bridgehead atoms. The van der Waals surface area contributed by atoms with E-state index < -0.39 is 0 Å². The Morgan fingerprint density at radius 2 is 1.88 bits per heavy atom. The lowest BCUT2D eigenvalue weighted by Gasteiger charge is -2.29. The average molecular weight is 460 g/mol. The quantitative estimate of drug-likeness (QED) is 0.525. The molecule has 34 heavy (non-hydrogen) atoms. The van der Waals surface area contributed by atoms with Gasteiger partial charge in [0, 0.05) is 31.9 Å². The van der Waals surface area contributed by atoms with E-state index in [1.807, 2.05) is 18.2 Å². The normalized spacial score (nSPS) is 19.3. The van der Waals surface area contributed by atoms with E-state index in [0.29, 0.717) is 41.7 Å². The molecule has 2 atom stereocenters. The number of nitrogens with zero attached hydrogens (tertiary/aromatic N) is 3. The Balaban J connectivity index is 2.19. The molecule has 2 unspecified atom stereocenters. The van der Waals surface area contributed by atoms with E-state index in [1.165, 1.54) is 4.90 Å². The molecular weight excluding hydrogens is 422 g/mol. The van der Waals surface area contributed by atoms with E-state index >= 15 is 0 Å². The van der Waals surface area contributed by atoms with Gasteiger partial charge in [0.15, 0.2) is 0 Å². The van der Waals surface area contributed by atoms with E-state index in [4.69, 9.17) is 10.7 Å². The first-order chi connectivity index (χ1) is 16.2. The Morgan fingerprint density at radius 1 is 1.18 bits per heavy atom. The maximum absolute atomic E-state index is 13.2. The van der Waals surface area contributed by atoms with Gasteiger partial charge in [0.1, 0.15) is 5.71 Å². The van der Waals surface area contributed by atoms with Gasteiger partial charge >= 0.3 is 6.03 Å². The van der Waals surface area contributed by atoms with Crippen molar-refractivity contribution in [2.24, 2.45) is 27.6 Å². The highest BCUT2D eigenvalue weighted by Gasteiger charge is 2.27. The largest absolute Gasteiger partial charge is 0.325 e. The van der Waals surface area contributed by atoms with Crippen molar-refractivity contribution in [1.82, 2.24) is 10.2 Å². The number of rotatable bonds is 8. The lowest BCUT2D eigenvalue weighted by Crippen LogP contribution is -2.43. The molecule has 6 heteroatoms. The van der Waals surface area contributed by atoms with Gasteiger partial charge in [-0.1, -0.05) is 83.2 Å². The third-order valence-corrected chi connectivity index (χ3v) is 6.32. The minimum atomic E-state index is -0.347. The molecule has 3 N–H and O–H groups in total. The number of aliphatic imine (C=N–C) groups is 2. The Bertz CT molecular complexity index is 1140. The highest BCUT2D eigenvalue weighted by atomic mass is 16.2. The standard InChI is InChI=1S/C28H37N5O/c1-7-19(4)26(29)27-24(15-22-13-10-12-21-11-8-9-14-23(21)22)32-28(34)33(6)20(5)25(31-27)17-30-16-18(2)3/h8-14,17-19,26H,5,7,15-16,29H2,1-4,6H3,(H,32,34)/b27-24-,30-17?,31-25?. The Labute approximate surface area is 203 Å². The number of benzene rings is 2. The average Bonchev–Trinajstić information content (AvgIpc) is 2.83. The zero-order chi connectivity index (χ0) is 24.8. The van der Waals surface area contributed by atoms with E-state index in [1.54, 1.807) is 13.3 Å². The fraction of sp³-hybridized carbons (Fsp3) is 0.393. The molecule has 0 aromatic heterocycles. The molecule has 2 amide bonds. The first-order valence-electron chi connectivity index (χ1n) is 12.0. The molecule has 1 aliphatic heterocycles. The molecule has 1 heterocycles. The van der Waals surface area contributed by atoms with Crippen molar-refractivity contribution in [3.63, 3.8) is 0 Å². The number of nitrogens with one attached hydrogen (secondary N) is 1. The number of urea groups is 1. The third kappa shape index (κ3) is 5.81. The van der Waals surface area contributed by atoms with Crippen LogP contribution in [0.4, 0.5) is 4.79 Å². The van der Waals surface area contributed by atoms with Crippen LogP contribution in [0.2, 0.25) is 0 Å². The summed E-state index contributed by atoms with van der Waals surface area (Å²) in [6.07, 6.45) is 3.12. The summed E-state index contributed by atoms with van der Waals surface area (Å²) >= 11 is 0. The van der Waals surface area contributed by atoms with Crippen molar-refractivity contribution in [3.8, 4) is 0 Å². The van der Waals surface area contributed by atoms with Gasteiger partial charge < -0.3 is 11.1 Å². The van der Waals surface area contributed by atoms with Crippen molar-refractivity contribution in [2.75, 3.05) is 13.6 Å². The van der Waals surface area contributed by atoms with Crippen LogP contribution in [-0.2, 0) is 6.42 Å². The summed E-state index contributed by atoms with van der Waals surface area (Å²) in [7, 11) is 1.69. The van der Waals surface area contributed by atoms with Gasteiger partial charge in [0.25, 0.3) is 0 Å². The molecular formula is C28H37N5O. The molecule has 6 nitrogen and oxygen atoms in total. The number of nitrogens with two attached hydrogens (primary N) is 1. The van der Waals surface area contributed by atoms with Crippen molar-refractivity contribution < 1.29 is 4.79 Å². The fourth-order valence-corrected chi connectivity index (χ4v) is 3.86. The zero-order valence-electron chi connectivity index (χ0n) is 21.0. The SMILES string of the molecule is C=C1C(C=NCC(C)C)=N/C(C(N)C(C)CC)=C(/Cc2cccc3ccccc23)NC(=O)N1C. The molecule has 180 valence electrons. The van der Waals surface area contributed by atoms with Crippen LogP contribution in [0.1, 0.15) is 39.7 Å². The van der Waals surface area contributed by atoms with Crippen LogP contribution < -0.4 is 11.1 Å². The fourth-order valence-electron chi connectivity index (χ4n) is 3.86. The molecule has 0 fully saturated rings. The molecule has 3 rings (SSSR count). The van der Waals surface area contributed by atoms with Gasteiger partial charge in [-0.15, -0.1) is 0 Å². The molecule has 0 spiro atoms. The molecule has 0 radical (unpaired) electrons. The number of hydrogen-bond acceptors (Lipinski definition) is 4. The lowest BCUT2D eigenvalue weighted by molar-refractivity contribution is 0.223. The first-order valence-corrected chi connectivity index (χ1v) is 12.0. The molecule has 0 saturated carbocycles. The van der Waals surface area contributed by atoms with Crippen LogP contribution in [0.5, 0.6) is 0 Å². The van der Waals surface area contributed by atoms with Crippen molar-refractivity contribution in [3.05, 3.63) is 71.7 Å². The topological polar surface area (TPSA) is 83.1 Å². The molecule has 0 saturated heterocycles. The second-order valence-electron chi connectivity index (χ2n) is 9.41. The van der Waals surface area contributed by atoms with Crippen molar-refractivity contribution in [1.29, 1.82) is 0 Å². The number of allylic oxidation sites excluding steroid dienone is 2. The van der Waals surface area contributed by atoms with Gasteiger partial charge in [-0.25, -0.2) is 9.79 Å². The highest BCUT2D eigenvalue weighted by molar-refractivity contribution is 6.38. The monoisotopic (exact) mass is 459 g/mol. The van der Waals surface area contributed by atoms with E-state index in [2.05, 4.69) is 68.8 Å². The van der Waals surface area contributed by atoms with Gasteiger partial charge in [-0.05, 0) is 28.2 Å². The minimum absolute atomic E-state index is 0.178. The Hall–Kier alpha value is -3.25. The Morgan fingerprint density at radius 3 is 2.59 bits per heavy atom. The first kappa shape index (κ1) is 25.4. The maximum atomic E-state index is 13.2. The summed E-state index contributed by atoms with van der Waals surface area (Å²) in [6.45, 7) is 13.2. The molecule has 0 aliphatic carbocycles. The van der Waals surface area contributed by atoms with Crippen molar-refractivity contribution in [2.45, 2.75) is 46.6 Å². The van der Waals surface area contributed by atoms with Gasteiger partial charge in [0.05, 0.1) is 17.4 Å². The third-order valence-electron chi connectivity index (χ3n) is 6.32. The van der Waals surface area contributed by atoms with Crippen LogP contribution in [-0.4, -0.2) is 42.5 Å². The summed E-state index contributed by atoms with van der Waals surface area (Å²) in [5.74, 6) is 0.594. The number of carbonyl (C=O) groups excluding carboxylic acids is 1. The number of carbonyl (C=O) groups is 1. The van der Waals surface area contributed by atoms with Gasteiger partial charge in [0.2, 0.25) is 0 Å². The van der Waals surface area contributed by atoms with E-state index in [0.717, 1.165) is 22.8 Å². The van der Waals surface area contributed by atoms with E-state index in [9.17, 15) is 4.79 Å². The predicted molar refractivity (Wildman–Crippen MR) is 143 cm³/mol.